The molecule has 3 rings (SSSR count). The molecule has 2 aromatic heterocycles. The number of fused-ring (bicyclic) bond motifs is 1. The number of halogens is 1. The highest BCUT2D eigenvalue weighted by Crippen LogP contribution is 2.21. The van der Waals surface area contributed by atoms with Gasteiger partial charge in [-0.25, -0.2) is 4.98 Å². The second-order valence-electron chi connectivity index (χ2n) is 3.96. The Balaban J connectivity index is 1.83. The van der Waals surface area contributed by atoms with Crippen LogP contribution in [0.4, 0.5) is 5.82 Å². The molecule has 0 bridgehead atoms. The summed E-state index contributed by atoms with van der Waals surface area (Å²) in [5, 5.41) is 11.8. The highest BCUT2D eigenvalue weighted by atomic mass is 35.5. The van der Waals surface area contributed by atoms with Gasteiger partial charge in [0.05, 0.1) is 10.9 Å². The predicted molar refractivity (Wildman–Crippen MR) is 72.7 cm³/mol. The van der Waals surface area contributed by atoms with E-state index in [9.17, 15) is 0 Å². The fraction of sp³-hybridized carbons (Fsp3) is 0.0769. The molecule has 2 N–H and O–H groups in total. The molecule has 0 saturated heterocycles. The molecular weight excluding hydrogens is 248 g/mol. The number of aromatic amines is 1. The summed E-state index contributed by atoms with van der Waals surface area (Å²) in [6.07, 6.45) is 1.72. The molecule has 0 amide bonds. The standard InChI is InChI=1S/C13H11ClN4/c14-12-6-11-10(8-15-12)13(18-17-11)16-7-9-4-2-1-3-5-9/h1-6,8H,7H2,(H2,16,17,18). The van der Waals surface area contributed by atoms with E-state index in [-0.39, 0.29) is 0 Å². The van der Waals surface area contributed by atoms with Crippen LogP contribution in [0.25, 0.3) is 10.9 Å². The monoisotopic (exact) mass is 258 g/mol. The second-order valence-corrected chi connectivity index (χ2v) is 4.35. The van der Waals surface area contributed by atoms with Crippen LogP contribution in [0, 0.1) is 0 Å². The van der Waals surface area contributed by atoms with Crippen molar-refractivity contribution in [3.63, 3.8) is 0 Å². The SMILES string of the molecule is Clc1cc2[nH]nc(NCc3ccccc3)c2cn1. The third kappa shape index (κ3) is 2.15. The minimum atomic E-state index is 0.459. The van der Waals surface area contributed by atoms with E-state index in [1.54, 1.807) is 12.3 Å². The van der Waals surface area contributed by atoms with Crippen LogP contribution in [0.3, 0.4) is 0 Å². The molecule has 0 aliphatic heterocycles. The van der Waals surface area contributed by atoms with E-state index in [4.69, 9.17) is 11.6 Å². The summed E-state index contributed by atoms with van der Waals surface area (Å²) < 4.78 is 0. The Bertz CT molecular complexity index is 663. The van der Waals surface area contributed by atoms with Crippen LogP contribution >= 0.6 is 11.6 Å². The van der Waals surface area contributed by atoms with E-state index in [0.717, 1.165) is 23.3 Å². The summed E-state index contributed by atoms with van der Waals surface area (Å²) in [4.78, 5) is 4.06. The van der Waals surface area contributed by atoms with E-state index < -0.39 is 0 Å². The molecule has 3 aromatic rings. The van der Waals surface area contributed by atoms with Crippen molar-refractivity contribution in [2.24, 2.45) is 0 Å². The lowest BCUT2D eigenvalue weighted by Crippen LogP contribution is -1.99. The maximum absolute atomic E-state index is 5.82. The minimum Gasteiger partial charge on any atom is -0.364 e. The third-order valence-corrected chi connectivity index (χ3v) is 2.92. The molecule has 0 atom stereocenters. The quantitative estimate of drug-likeness (QED) is 0.709. The molecule has 0 radical (unpaired) electrons. The van der Waals surface area contributed by atoms with E-state index in [2.05, 4.69) is 32.6 Å². The van der Waals surface area contributed by atoms with Crippen molar-refractivity contribution in [3.8, 4) is 0 Å². The average Bonchev–Trinajstić information content (AvgIpc) is 2.80. The molecule has 0 spiro atoms. The number of hydrogen-bond donors (Lipinski definition) is 2. The Kier molecular flexibility index (Phi) is 2.86. The molecule has 0 fully saturated rings. The number of H-pyrrole nitrogens is 1. The van der Waals surface area contributed by atoms with Gasteiger partial charge >= 0.3 is 0 Å². The molecule has 0 saturated carbocycles. The fourth-order valence-electron chi connectivity index (χ4n) is 1.80. The van der Waals surface area contributed by atoms with Crippen molar-refractivity contribution in [1.82, 2.24) is 15.2 Å². The second kappa shape index (κ2) is 4.66. The number of pyridine rings is 1. The first-order valence-electron chi connectivity index (χ1n) is 5.60. The molecular formula is C13H11ClN4. The summed E-state index contributed by atoms with van der Waals surface area (Å²) in [5.74, 6) is 0.790. The van der Waals surface area contributed by atoms with Gasteiger partial charge in [0.25, 0.3) is 0 Å². The van der Waals surface area contributed by atoms with Crippen LogP contribution in [-0.2, 0) is 6.54 Å². The fourth-order valence-corrected chi connectivity index (χ4v) is 1.96. The highest BCUT2D eigenvalue weighted by molar-refractivity contribution is 6.30. The largest absolute Gasteiger partial charge is 0.364 e. The third-order valence-electron chi connectivity index (χ3n) is 2.72. The topological polar surface area (TPSA) is 53.6 Å². The zero-order chi connectivity index (χ0) is 12.4. The molecule has 90 valence electrons. The molecule has 2 heterocycles. The van der Waals surface area contributed by atoms with E-state index in [1.165, 1.54) is 5.56 Å². The Labute approximate surface area is 109 Å². The van der Waals surface area contributed by atoms with Gasteiger partial charge in [0, 0.05) is 18.8 Å². The Morgan fingerprint density at radius 1 is 1.22 bits per heavy atom. The van der Waals surface area contributed by atoms with Crippen LogP contribution in [-0.4, -0.2) is 15.2 Å². The van der Waals surface area contributed by atoms with Gasteiger partial charge in [0.1, 0.15) is 5.15 Å². The van der Waals surface area contributed by atoms with E-state index >= 15 is 0 Å². The van der Waals surface area contributed by atoms with Crippen LogP contribution in [0.2, 0.25) is 5.15 Å². The molecule has 0 aliphatic rings. The molecule has 4 nitrogen and oxygen atoms in total. The van der Waals surface area contributed by atoms with Crippen molar-refractivity contribution in [1.29, 1.82) is 0 Å². The maximum Gasteiger partial charge on any atom is 0.157 e. The van der Waals surface area contributed by atoms with Crippen molar-refractivity contribution in [3.05, 3.63) is 53.3 Å². The number of benzene rings is 1. The lowest BCUT2D eigenvalue weighted by atomic mass is 10.2. The first-order valence-corrected chi connectivity index (χ1v) is 5.98. The highest BCUT2D eigenvalue weighted by Gasteiger charge is 2.06. The van der Waals surface area contributed by atoms with Gasteiger partial charge < -0.3 is 5.32 Å². The first kappa shape index (κ1) is 11.0. The molecule has 18 heavy (non-hydrogen) atoms. The van der Waals surface area contributed by atoms with Crippen LogP contribution in [0.1, 0.15) is 5.56 Å². The molecule has 0 aliphatic carbocycles. The smallest absolute Gasteiger partial charge is 0.157 e. The lowest BCUT2D eigenvalue weighted by molar-refractivity contribution is 1.06. The van der Waals surface area contributed by atoms with Gasteiger partial charge in [-0.05, 0) is 5.56 Å². The number of nitrogens with one attached hydrogen (secondary N) is 2. The van der Waals surface area contributed by atoms with Crippen molar-refractivity contribution in [2.45, 2.75) is 6.54 Å². The summed E-state index contributed by atoms with van der Waals surface area (Å²) in [7, 11) is 0. The number of anilines is 1. The van der Waals surface area contributed by atoms with Gasteiger partial charge in [-0.2, -0.15) is 5.10 Å². The number of aromatic nitrogens is 3. The summed E-state index contributed by atoms with van der Waals surface area (Å²) in [6, 6.07) is 11.9. The van der Waals surface area contributed by atoms with E-state index in [0.29, 0.717) is 5.15 Å². The van der Waals surface area contributed by atoms with Gasteiger partial charge in [-0.15, -0.1) is 0 Å². The Morgan fingerprint density at radius 3 is 2.89 bits per heavy atom. The zero-order valence-electron chi connectivity index (χ0n) is 9.52. The van der Waals surface area contributed by atoms with Crippen molar-refractivity contribution >= 4 is 28.3 Å². The van der Waals surface area contributed by atoms with Gasteiger partial charge in [0.2, 0.25) is 0 Å². The normalized spacial score (nSPS) is 10.7. The average molecular weight is 259 g/mol. The summed E-state index contributed by atoms with van der Waals surface area (Å²) in [5.41, 5.74) is 2.08. The van der Waals surface area contributed by atoms with Gasteiger partial charge in [-0.1, -0.05) is 41.9 Å². The number of hydrogen-bond acceptors (Lipinski definition) is 3. The minimum absolute atomic E-state index is 0.459. The van der Waals surface area contributed by atoms with Crippen molar-refractivity contribution < 1.29 is 0 Å². The first-order chi connectivity index (χ1) is 8.83. The maximum atomic E-state index is 5.82. The Morgan fingerprint density at radius 2 is 2.06 bits per heavy atom. The number of nitrogens with zero attached hydrogens (tertiary/aromatic N) is 2. The Hall–Kier alpha value is -2.07. The molecule has 1 aromatic carbocycles. The molecule has 0 unspecified atom stereocenters. The molecule has 5 heteroatoms. The summed E-state index contributed by atoms with van der Waals surface area (Å²) in [6.45, 7) is 0.726. The summed E-state index contributed by atoms with van der Waals surface area (Å²) >= 11 is 5.82. The van der Waals surface area contributed by atoms with Crippen LogP contribution in [0.15, 0.2) is 42.6 Å². The van der Waals surface area contributed by atoms with Crippen LogP contribution < -0.4 is 5.32 Å². The predicted octanol–water partition coefficient (Wildman–Crippen LogP) is 3.22. The van der Waals surface area contributed by atoms with Crippen LogP contribution in [0.5, 0.6) is 0 Å². The number of rotatable bonds is 3. The van der Waals surface area contributed by atoms with Gasteiger partial charge in [-0.3, -0.25) is 5.10 Å². The van der Waals surface area contributed by atoms with Gasteiger partial charge in [0.15, 0.2) is 5.82 Å². The van der Waals surface area contributed by atoms with Crippen molar-refractivity contribution in [2.75, 3.05) is 5.32 Å². The lowest BCUT2D eigenvalue weighted by Gasteiger charge is -2.03. The zero-order valence-corrected chi connectivity index (χ0v) is 10.3. The van der Waals surface area contributed by atoms with E-state index in [1.807, 2.05) is 18.2 Å².